The normalized spacial score (nSPS) is 31.9. The van der Waals surface area contributed by atoms with Crippen LogP contribution in [0, 0.1) is 5.21 Å². The van der Waals surface area contributed by atoms with Crippen LogP contribution >= 0.6 is 11.6 Å². The fourth-order valence-electron chi connectivity index (χ4n) is 2.04. The van der Waals surface area contributed by atoms with E-state index < -0.39 is 37.3 Å². The lowest BCUT2D eigenvalue weighted by Crippen LogP contribution is -2.63. The molecule has 1 aliphatic heterocycles. The molecule has 0 bridgehead atoms. The Morgan fingerprint density at radius 3 is 2.59 bits per heavy atom. The van der Waals surface area contributed by atoms with E-state index in [1.165, 1.54) is 12.1 Å². The maximum Gasteiger partial charge on any atom is 0.218 e. The molecule has 0 saturated carbocycles. The van der Waals surface area contributed by atoms with E-state index in [2.05, 4.69) is 0 Å². The fourth-order valence-corrected chi connectivity index (χ4v) is 2.26. The number of benzene rings is 1. The quantitative estimate of drug-likeness (QED) is 0.444. The van der Waals surface area contributed by atoms with E-state index in [4.69, 9.17) is 37.1 Å². The standard InChI is InChI=1S/C12H16ClN2O7/c13-6-3-5(15(19)20)1-2-7(6)21-12-9(14)11(18)10(17)8(4-16)22-12/h1-3,8-12,16-19H,4,14H2/q-1. The second kappa shape index (κ2) is 6.94. The zero-order valence-corrected chi connectivity index (χ0v) is 12.0. The first-order valence-electron chi connectivity index (χ1n) is 6.35. The van der Waals surface area contributed by atoms with Crippen molar-refractivity contribution < 1.29 is 30.0 Å². The van der Waals surface area contributed by atoms with Crippen molar-refractivity contribution in [3.05, 3.63) is 28.4 Å². The van der Waals surface area contributed by atoms with Gasteiger partial charge in [0.15, 0.2) is 0 Å². The van der Waals surface area contributed by atoms with Crippen LogP contribution in [0.15, 0.2) is 18.2 Å². The van der Waals surface area contributed by atoms with Gasteiger partial charge in [-0.2, -0.15) is 0 Å². The minimum atomic E-state index is -1.36. The van der Waals surface area contributed by atoms with Crippen LogP contribution in [0.25, 0.3) is 0 Å². The minimum Gasteiger partial charge on any atom is -0.733 e. The third-order valence-corrected chi connectivity index (χ3v) is 3.60. The topological polar surface area (TPSA) is 152 Å². The van der Waals surface area contributed by atoms with Crippen LogP contribution in [0.1, 0.15) is 0 Å². The van der Waals surface area contributed by atoms with Gasteiger partial charge in [-0.05, 0) is 18.2 Å². The van der Waals surface area contributed by atoms with Gasteiger partial charge in [0.25, 0.3) is 0 Å². The number of aliphatic hydroxyl groups is 3. The van der Waals surface area contributed by atoms with Crippen LogP contribution in [0.5, 0.6) is 5.75 Å². The molecule has 1 aliphatic rings. The van der Waals surface area contributed by atoms with Gasteiger partial charge in [0.05, 0.1) is 23.4 Å². The molecule has 0 amide bonds. The highest BCUT2D eigenvalue weighted by Crippen LogP contribution is 2.31. The molecule has 9 nitrogen and oxygen atoms in total. The molecule has 1 aromatic carbocycles. The third kappa shape index (κ3) is 3.42. The molecule has 0 radical (unpaired) electrons. The van der Waals surface area contributed by atoms with Crippen LogP contribution < -0.4 is 15.7 Å². The number of aliphatic hydroxyl groups excluding tert-OH is 3. The molecule has 5 atom stereocenters. The van der Waals surface area contributed by atoms with Crippen LogP contribution in [0.3, 0.4) is 0 Å². The van der Waals surface area contributed by atoms with Crippen molar-refractivity contribution in [1.82, 2.24) is 0 Å². The highest BCUT2D eigenvalue weighted by atomic mass is 35.5. The highest BCUT2D eigenvalue weighted by Gasteiger charge is 2.43. The van der Waals surface area contributed by atoms with Gasteiger partial charge in [-0.15, -0.1) is 0 Å². The number of hydrogen-bond donors (Lipinski definition) is 5. The Kier molecular flexibility index (Phi) is 5.42. The second-order valence-electron chi connectivity index (χ2n) is 4.79. The first kappa shape index (κ1) is 17.2. The van der Waals surface area contributed by atoms with Crippen molar-refractivity contribution in [1.29, 1.82) is 0 Å². The molecule has 10 heteroatoms. The molecule has 5 unspecified atom stereocenters. The Labute approximate surface area is 130 Å². The van der Waals surface area contributed by atoms with E-state index in [1.807, 2.05) is 0 Å². The first-order valence-corrected chi connectivity index (χ1v) is 6.73. The van der Waals surface area contributed by atoms with E-state index in [0.717, 1.165) is 6.07 Å². The monoisotopic (exact) mass is 335 g/mol. The molecular formula is C12H16ClN2O7-. The Bertz CT molecular complexity index is 516. The average Bonchev–Trinajstić information content (AvgIpc) is 2.49. The number of ether oxygens (including phenoxy) is 2. The van der Waals surface area contributed by atoms with Crippen LogP contribution in [0.2, 0.25) is 5.02 Å². The van der Waals surface area contributed by atoms with Gasteiger partial charge in [0.1, 0.15) is 24.1 Å². The zero-order chi connectivity index (χ0) is 16.4. The van der Waals surface area contributed by atoms with E-state index in [1.54, 1.807) is 0 Å². The molecule has 0 aromatic heterocycles. The first-order chi connectivity index (χ1) is 10.3. The van der Waals surface area contributed by atoms with Gasteiger partial charge in [0, 0.05) is 0 Å². The smallest absolute Gasteiger partial charge is 0.218 e. The lowest BCUT2D eigenvalue weighted by Gasteiger charge is -2.40. The molecule has 22 heavy (non-hydrogen) atoms. The number of rotatable bonds is 4. The third-order valence-electron chi connectivity index (χ3n) is 3.31. The summed E-state index contributed by atoms with van der Waals surface area (Å²) in [5, 5.41) is 47.8. The van der Waals surface area contributed by atoms with Crippen molar-refractivity contribution >= 4 is 17.3 Å². The summed E-state index contributed by atoms with van der Waals surface area (Å²) in [7, 11) is 0. The van der Waals surface area contributed by atoms with E-state index in [0.29, 0.717) is 0 Å². The summed E-state index contributed by atoms with van der Waals surface area (Å²) >= 11 is 5.92. The maximum absolute atomic E-state index is 10.8. The van der Waals surface area contributed by atoms with Crippen molar-refractivity contribution in [3.63, 3.8) is 0 Å². The predicted octanol–water partition coefficient (Wildman–Crippen LogP) is -0.822. The number of halogens is 1. The van der Waals surface area contributed by atoms with E-state index in [9.17, 15) is 15.4 Å². The number of anilines is 1. The Hall–Kier alpha value is -1.17. The molecule has 0 aliphatic carbocycles. The lowest BCUT2D eigenvalue weighted by atomic mass is 9.98. The minimum absolute atomic E-state index is 0.00404. The molecular weight excluding hydrogens is 320 g/mol. The number of nitrogens with zero attached hydrogens (tertiary/aromatic N) is 1. The van der Waals surface area contributed by atoms with Gasteiger partial charge in [-0.1, -0.05) is 11.6 Å². The van der Waals surface area contributed by atoms with Gasteiger partial charge in [-0.3, -0.25) is 5.21 Å². The molecule has 0 spiro atoms. The Morgan fingerprint density at radius 1 is 1.36 bits per heavy atom. The SMILES string of the molecule is NC1C(Oc2ccc(N([O-])O)cc2Cl)OC(CO)C(O)C1O. The number of hydrogen-bond acceptors (Lipinski definition) is 9. The van der Waals surface area contributed by atoms with Crippen molar-refractivity contribution in [2.24, 2.45) is 5.73 Å². The summed E-state index contributed by atoms with van der Waals surface area (Å²) in [4.78, 5) is 0. The van der Waals surface area contributed by atoms with Crippen LogP contribution in [-0.2, 0) is 4.74 Å². The van der Waals surface area contributed by atoms with Gasteiger partial charge in [0.2, 0.25) is 6.29 Å². The molecule has 1 heterocycles. The fraction of sp³-hybridized carbons (Fsp3) is 0.500. The molecule has 1 aromatic rings. The zero-order valence-electron chi connectivity index (χ0n) is 11.2. The highest BCUT2D eigenvalue weighted by molar-refractivity contribution is 6.32. The van der Waals surface area contributed by atoms with Gasteiger partial charge in [-0.25, -0.2) is 0 Å². The Morgan fingerprint density at radius 2 is 2.05 bits per heavy atom. The molecule has 124 valence electrons. The Balaban J connectivity index is 2.15. The number of nitrogens with two attached hydrogens (primary N) is 1. The summed E-state index contributed by atoms with van der Waals surface area (Å²) in [5.41, 5.74) is 5.62. The maximum atomic E-state index is 10.8. The molecule has 2 rings (SSSR count). The van der Waals surface area contributed by atoms with E-state index >= 15 is 0 Å². The predicted molar refractivity (Wildman–Crippen MR) is 75.4 cm³/mol. The summed E-state index contributed by atoms with van der Waals surface area (Å²) < 4.78 is 10.7. The largest absolute Gasteiger partial charge is 0.733 e. The molecule has 1 fully saturated rings. The molecule has 1 saturated heterocycles. The van der Waals surface area contributed by atoms with E-state index in [-0.39, 0.29) is 21.7 Å². The summed E-state index contributed by atoms with van der Waals surface area (Å²) in [6, 6.07) is 2.63. The summed E-state index contributed by atoms with van der Waals surface area (Å²) in [6.45, 7) is -0.535. The summed E-state index contributed by atoms with van der Waals surface area (Å²) in [6.07, 6.45) is -4.94. The van der Waals surface area contributed by atoms with Crippen LogP contribution in [0.4, 0.5) is 5.69 Å². The summed E-state index contributed by atoms with van der Waals surface area (Å²) in [5.74, 6) is 0.0907. The molecule has 6 N–H and O–H groups in total. The van der Waals surface area contributed by atoms with Gasteiger partial charge < -0.3 is 41.0 Å². The average molecular weight is 336 g/mol. The van der Waals surface area contributed by atoms with Gasteiger partial charge >= 0.3 is 0 Å². The van der Waals surface area contributed by atoms with Crippen LogP contribution in [-0.4, -0.2) is 57.8 Å². The van der Waals surface area contributed by atoms with Crippen molar-refractivity contribution in [2.75, 3.05) is 11.8 Å². The van der Waals surface area contributed by atoms with Crippen molar-refractivity contribution in [2.45, 2.75) is 30.6 Å². The lowest BCUT2D eigenvalue weighted by molar-refractivity contribution is -0.239. The second-order valence-corrected chi connectivity index (χ2v) is 5.20. The van der Waals surface area contributed by atoms with Crippen molar-refractivity contribution in [3.8, 4) is 5.75 Å².